The highest BCUT2D eigenvalue weighted by molar-refractivity contribution is 7.91. The number of sulfonamides is 1. The fourth-order valence-electron chi connectivity index (χ4n) is 4.23. The van der Waals surface area contributed by atoms with Gasteiger partial charge in [0.05, 0.1) is 22.9 Å². The van der Waals surface area contributed by atoms with E-state index < -0.39 is 37.6 Å². The number of rotatable bonds is 7. The number of benzene rings is 1. The molecule has 38 heavy (non-hydrogen) atoms. The molecule has 0 atom stereocenters. The van der Waals surface area contributed by atoms with E-state index in [0.717, 1.165) is 10.4 Å². The second-order valence-corrected chi connectivity index (χ2v) is 12.8. The van der Waals surface area contributed by atoms with Gasteiger partial charge in [-0.3, -0.25) is 14.1 Å². The Morgan fingerprint density at radius 1 is 1.24 bits per heavy atom. The molecule has 4 heterocycles. The summed E-state index contributed by atoms with van der Waals surface area (Å²) in [6.45, 7) is 4.17. The van der Waals surface area contributed by atoms with Gasteiger partial charge in [0.1, 0.15) is 21.9 Å². The summed E-state index contributed by atoms with van der Waals surface area (Å²) >= 11 is 0. The lowest BCUT2D eigenvalue weighted by atomic mass is 10.1. The summed E-state index contributed by atoms with van der Waals surface area (Å²) in [5.74, 6) is -0.537. The van der Waals surface area contributed by atoms with Gasteiger partial charge in [0.15, 0.2) is 5.84 Å². The van der Waals surface area contributed by atoms with Crippen molar-refractivity contribution in [1.29, 1.82) is 0 Å². The molecular formula is C23H26N6O7S2. The van der Waals surface area contributed by atoms with Gasteiger partial charge < -0.3 is 15.5 Å². The number of β-amino-alcohol motifs (C(OH)–C–C–N with tert-alkyl or cyclic N) is 1. The highest BCUT2D eigenvalue weighted by Gasteiger charge is 2.35. The molecule has 4 N–H and O–H groups in total. The van der Waals surface area contributed by atoms with Crippen LogP contribution in [0.5, 0.6) is 5.75 Å². The molecule has 2 aliphatic heterocycles. The van der Waals surface area contributed by atoms with Crippen molar-refractivity contribution in [3.05, 3.63) is 52.4 Å². The van der Waals surface area contributed by atoms with E-state index in [0.29, 0.717) is 13.0 Å². The van der Waals surface area contributed by atoms with E-state index in [1.807, 2.05) is 13.8 Å². The number of fused-ring (bicyclic) bond motifs is 2. The average Bonchev–Trinajstić information content (AvgIpc) is 2.82. The first kappa shape index (κ1) is 26.1. The standard InChI is InChI=1S/C23H26N6O7S2/c1-13(2)7-9-29-22-16(4-3-8-24-22)20(31)19(23(29)32)21-25-17-6-5-14(10-18(17)37(33,34)27-21)26-38(35,36)28-11-15(30)12-28/h3-6,8,10,13,15,26,30-31H,7,9,11-12H2,1-2H3,(H,25,27). The van der Waals surface area contributed by atoms with Crippen LogP contribution in [0.1, 0.15) is 25.8 Å². The third kappa shape index (κ3) is 4.62. The number of aromatic hydroxyl groups is 1. The van der Waals surface area contributed by atoms with Gasteiger partial charge in [-0.1, -0.05) is 13.8 Å². The summed E-state index contributed by atoms with van der Waals surface area (Å²) in [5.41, 5.74) is -0.670. The third-order valence-electron chi connectivity index (χ3n) is 6.30. The molecule has 13 nitrogen and oxygen atoms in total. The van der Waals surface area contributed by atoms with E-state index in [4.69, 9.17) is 0 Å². The molecule has 0 saturated carbocycles. The van der Waals surface area contributed by atoms with E-state index in [1.165, 1.54) is 22.9 Å². The smallest absolute Gasteiger partial charge is 0.301 e. The number of hydrogen-bond acceptors (Lipinski definition) is 9. The van der Waals surface area contributed by atoms with Gasteiger partial charge >= 0.3 is 10.2 Å². The molecule has 1 fully saturated rings. The van der Waals surface area contributed by atoms with Gasteiger partial charge in [-0.05, 0) is 42.7 Å². The number of nitrogens with one attached hydrogen (secondary N) is 2. The third-order valence-corrected chi connectivity index (χ3v) is 9.09. The normalized spacial score (nSPS) is 17.5. The lowest BCUT2D eigenvalue weighted by Gasteiger charge is -2.34. The van der Waals surface area contributed by atoms with Crippen molar-refractivity contribution in [3.8, 4) is 5.75 Å². The van der Waals surface area contributed by atoms with Crippen LogP contribution in [0.3, 0.4) is 0 Å². The van der Waals surface area contributed by atoms with Crippen LogP contribution < -0.4 is 15.6 Å². The molecule has 0 bridgehead atoms. The molecule has 0 radical (unpaired) electrons. The second-order valence-electron chi connectivity index (χ2n) is 9.57. The van der Waals surface area contributed by atoms with Crippen molar-refractivity contribution in [2.75, 3.05) is 23.1 Å². The maximum Gasteiger partial charge on any atom is 0.301 e. The van der Waals surface area contributed by atoms with Crippen LogP contribution in [0, 0.1) is 5.92 Å². The van der Waals surface area contributed by atoms with Gasteiger partial charge in [-0.15, -0.1) is 4.40 Å². The number of aryl methyl sites for hydroxylation is 1. The molecule has 1 saturated heterocycles. The Bertz CT molecular complexity index is 1740. The maximum absolute atomic E-state index is 13.5. The predicted molar refractivity (Wildman–Crippen MR) is 141 cm³/mol. The Morgan fingerprint density at radius 2 is 1.97 bits per heavy atom. The number of aliphatic hydroxyl groups is 1. The Labute approximate surface area is 218 Å². The van der Waals surface area contributed by atoms with Gasteiger partial charge in [-0.25, -0.2) is 4.98 Å². The van der Waals surface area contributed by atoms with Crippen molar-refractivity contribution in [2.24, 2.45) is 10.3 Å². The summed E-state index contributed by atoms with van der Waals surface area (Å²) in [6.07, 6.45) is 1.40. The molecular weight excluding hydrogens is 536 g/mol. The number of pyridine rings is 2. The van der Waals surface area contributed by atoms with E-state index >= 15 is 0 Å². The van der Waals surface area contributed by atoms with Crippen LogP contribution in [-0.2, 0) is 26.8 Å². The lowest BCUT2D eigenvalue weighted by molar-refractivity contribution is 0.0552. The van der Waals surface area contributed by atoms with Crippen LogP contribution >= 0.6 is 0 Å². The molecule has 1 aromatic carbocycles. The van der Waals surface area contributed by atoms with E-state index in [1.54, 1.807) is 12.1 Å². The first-order valence-corrected chi connectivity index (χ1v) is 14.7. The van der Waals surface area contributed by atoms with Crippen LogP contribution in [0.25, 0.3) is 11.0 Å². The largest absolute Gasteiger partial charge is 0.506 e. The van der Waals surface area contributed by atoms with Gasteiger partial charge in [0, 0.05) is 25.8 Å². The van der Waals surface area contributed by atoms with Crippen LogP contribution in [0.4, 0.5) is 11.4 Å². The number of hydrogen-bond donors (Lipinski definition) is 4. The summed E-state index contributed by atoms with van der Waals surface area (Å²) < 4.78 is 59.7. The Hall–Kier alpha value is -3.53. The maximum atomic E-state index is 13.5. The van der Waals surface area contributed by atoms with Crippen molar-refractivity contribution < 1.29 is 27.0 Å². The topological polar surface area (TPSA) is 183 Å². The van der Waals surface area contributed by atoms with Crippen molar-refractivity contribution in [1.82, 2.24) is 13.9 Å². The first-order valence-electron chi connectivity index (χ1n) is 11.8. The van der Waals surface area contributed by atoms with E-state index in [9.17, 15) is 31.8 Å². The van der Waals surface area contributed by atoms with Crippen LogP contribution in [0.15, 0.2) is 50.6 Å². The number of aliphatic hydroxyl groups excluding tert-OH is 1. The number of aromatic nitrogens is 2. The summed E-state index contributed by atoms with van der Waals surface area (Å²) in [6, 6.07) is 6.96. The zero-order valence-corrected chi connectivity index (χ0v) is 22.1. The highest BCUT2D eigenvalue weighted by Crippen LogP contribution is 2.34. The summed E-state index contributed by atoms with van der Waals surface area (Å²) in [7, 11) is -8.39. The minimum Gasteiger partial charge on any atom is -0.506 e. The summed E-state index contributed by atoms with van der Waals surface area (Å²) in [4.78, 5) is 17.5. The SMILES string of the molecule is CC(C)CCn1c(=O)c(C2=NS(=O)(=O)c3cc(NS(=O)(=O)N4CC(O)C4)ccc3N2)c(O)c2cccnc21. The van der Waals surface area contributed by atoms with Gasteiger partial charge in [0.25, 0.3) is 15.6 Å². The molecule has 15 heteroatoms. The van der Waals surface area contributed by atoms with E-state index in [-0.39, 0.29) is 57.7 Å². The van der Waals surface area contributed by atoms with E-state index in [2.05, 4.69) is 19.4 Å². The Kier molecular flexibility index (Phi) is 6.41. The molecule has 2 aromatic heterocycles. The molecule has 0 spiro atoms. The first-order chi connectivity index (χ1) is 17.9. The predicted octanol–water partition coefficient (Wildman–Crippen LogP) is 1.04. The summed E-state index contributed by atoms with van der Waals surface area (Å²) in [5, 5.41) is 23.5. The minimum absolute atomic E-state index is 0.0233. The van der Waals surface area contributed by atoms with Crippen molar-refractivity contribution in [3.63, 3.8) is 0 Å². The Morgan fingerprint density at radius 3 is 2.66 bits per heavy atom. The molecule has 202 valence electrons. The number of amidine groups is 1. The Balaban J connectivity index is 1.56. The average molecular weight is 563 g/mol. The molecule has 0 unspecified atom stereocenters. The molecule has 2 aliphatic rings. The zero-order valence-electron chi connectivity index (χ0n) is 20.5. The fraction of sp³-hybridized carbons (Fsp3) is 0.348. The molecule has 0 aliphatic carbocycles. The van der Waals surface area contributed by atoms with Gasteiger partial charge in [-0.2, -0.15) is 21.1 Å². The zero-order chi connectivity index (χ0) is 27.4. The quantitative estimate of drug-likeness (QED) is 0.327. The van der Waals surface area contributed by atoms with Gasteiger partial charge in [0.2, 0.25) is 0 Å². The number of nitrogens with zero attached hydrogens (tertiary/aromatic N) is 4. The second kappa shape index (κ2) is 9.34. The van der Waals surface area contributed by atoms with Crippen LogP contribution in [-0.4, -0.2) is 65.9 Å². The van der Waals surface area contributed by atoms with Crippen molar-refractivity contribution in [2.45, 2.75) is 37.8 Å². The van der Waals surface area contributed by atoms with Crippen LogP contribution in [0.2, 0.25) is 0 Å². The molecule has 0 amide bonds. The van der Waals surface area contributed by atoms with Crippen molar-refractivity contribution >= 4 is 48.5 Å². The lowest BCUT2D eigenvalue weighted by Crippen LogP contribution is -2.55. The highest BCUT2D eigenvalue weighted by atomic mass is 32.2. The monoisotopic (exact) mass is 562 g/mol. The molecule has 3 aromatic rings. The minimum atomic E-state index is -4.40. The fourth-order valence-corrected chi connectivity index (χ4v) is 6.67. The number of anilines is 2. The molecule has 5 rings (SSSR count).